The maximum Gasteiger partial charge on any atom is 0.202 e. The highest BCUT2D eigenvalue weighted by Crippen LogP contribution is 2.46. The molecule has 1 aliphatic rings. The van der Waals surface area contributed by atoms with Crippen LogP contribution in [0.4, 0.5) is 17.6 Å². The van der Waals surface area contributed by atoms with Crippen LogP contribution in [0.1, 0.15) is 11.3 Å². The molecule has 1 atom stereocenters. The highest BCUT2D eigenvalue weighted by molar-refractivity contribution is 7.10. The summed E-state index contributed by atoms with van der Waals surface area (Å²) in [6, 6.07) is 2.88. The molecule has 0 amide bonds. The van der Waals surface area contributed by atoms with Crippen LogP contribution >= 0.6 is 11.3 Å². The van der Waals surface area contributed by atoms with Crippen LogP contribution in [0.3, 0.4) is 0 Å². The lowest BCUT2D eigenvalue weighted by Gasteiger charge is -2.24. The van der Waals surface area contributed by atoms with Crippen LogP contribution in [0, 0.1) is 0 Å². The predicted octanol–water partition coefficient (Wildman–Crippen LogP) is 4.32. The minimum absolute atomic E-state index is 0.0406. The van der Waals surface area contributed by atoms with Gasteiger partial charge >= 0.3 is 0 Å². The monoisotopic (exact) mass is 234 g/mol. The van der Waals surface area contributed by atoms with Gasteiger partial charge in [0, 0.05) is 17.4 Å². The smallest absolute Gasteiger partial charge is 0.202 e. The average molecular weight is 234 g/mol. The van der Waals surface area contributed by atoms with E-state index in [4.69, 9.17) is 0 Å². The Hall–Kier alpha value is -1.10. The zero-order valence-corrected chi connectivity index (χ0v) is 8.25. The highest BCUT2D eigenvalue weighted by atomic mass is 32.1. The molecule has 0 aromatic carbocycles. The van der Waals surface area contributed by atoms with Crippen molar-refractivity contribution in [3.8, 4) is 0 Å². The molecule has 0 bridgehead atoms. The number of rotatable bonds is 1. The standard InChI is InChI=1S/C10H6F4S/c11-6-4-8(13)10(14,5-7(6)12)9-2-1-3-15-9/h1-4H,5H2. The van der Waals surface area contributed by atoms with Crippen LogP contribution in [0.2, 0.25) is 0 Å². The molecule has 5 heteroatoms. The molecule has 0 nitrogen and oxygen atoms in total. The molecule has 1 unspecified atom stereocenters. The van der Waals surface area contributed by atoms with Crippen LogP contribution in [0.15, 0.2) is 41.1 Å². The normalized spacial score (nSPS) is 26.8. The molecule has 1 heterocycles. The van der Waals surface area contributed by atoms with E-state index in [0.717, 1.165) is 11.3 Å². The molecular weight excluding hydrogens is 228 g/mol. The summed E-state index contributed by atoms with van der Waals surface area (Å²) < 4.78 is 52.9. The van der Waals surface area contributed by atoms with E-state index in [1.54, 1.807) is 5.38 Å². The second-order valence-corrected chi connectivity index (χ2v) is 4.15. The number of alkyl halides is 1. The van der Waals surface area contributed by atoms with Crippen molar-refractivity contribution in [3.05, 3.63) is 45.9 Å². The van der Waals surface area contributed by atoms with E-state index in [-0.39, 0.29) is 11.0 Å². The van der Waals surface area contributed by atoms with E-state index in [0.29, 0.717) is 0 Å². The molecule has 0 radical (unpaired) electrons. The lowest BCUT2D eigenvalue weighted by molar-refractivity contribution is 0.162. The van der Waals surface area contributed by atoms with E-state index in [9.17, 15) is 17.6 Å². The van der Waals surface area contributed by atoms with E-state index in [2.05, 4.69) is 0 Å². The number of allylic oxidation sites excluding steroid dienone is 4. The first-order valence-electron chi connectivity index (χ1n) is 4.19. The van der Waals surface area contributed by atoms with Gasteiger partial charge in [-0.15, -0.1) is 11.3 Å². The molecule has 80 valence electrons. The lowest BCUT2D eigenvalue weighted by Crippen LogP contribution is -2.22. The molecule has 0 spiro atoms. The summed E-state index contributed by atoms with van der Waals surface area (Å²) in [7, 11) is 0. The van der Waals surface area contributed by atoms with Gasteiger partial charge in [-0.1, -0.05) is 6.07 Å². The quantitative estimate of drug-likeness (QED) is 0.635. The third kappa shape index (κ3) is 1.61. The Bertz CT molecular complexity index is 432. The molecule has 1 aromatic rings. The number of hydrogen-bond donors (Lipinski definition) is 0. The van der Waals surface area contributed by atoms with Gasteiger partial charge in [-0.2, -0.15) is 0 Å². The van der Waals surface area contributed by atoms with Crippen molar-refractivity contribution in [1.29, 1.82) is 0 Å². The highest BCUT2D eigenvalue weighted by Gasteiger charge is 2.43. The summed E-state index contributed by atoms with van der Waals surface area (Å²) in [5.41, 5.74) is -2.55. The third-order valence-electron chi connectivity index (χ3n) is 2.20. The molecule has 0 saturated heterocycles. The fourth-order valence-electron chi connectivity index (χ4n) is 1.40. The van der Waals surface area contributed by atoms with Crippen molar-refractivity contribution in [2.45, 2.75) is 12.1 Å². The summed E-state index contributed by atoms with van der Waals surface area (Å²) in [6.45, 7) is 0. The largest absolute Gasteiger partial charge is 0.229 e. The fraction of sp³-hybridized carbons (Fsp3) is 0.200. The van der Waals surface area contributed by atoms with E-state index < -0.39 is 29.6 Å². The van der Waals surface area contributed by atoms with Gasteiger partial charge in [0.1, 0.15) is 11.7 Å². The van der Waals surface area contributed by atoms with E-state index in [1.807, 2.05) is 0 Å². The summed E-state index contributed by atoms with van der Waals surface area (Å²) in [4.78, 5) is 0.0406. The minimum atomic E-state index is -2.55. The summed E-state index contributed by atoms with van der Waals surface area (Å²) >= 11 is 0.968. The van der Waals surface area contributed by atoms with Crippen molar-refractivity contribution in [2.75, 3.05) is 0 Å². The minimum Gasteiger partial charge on any atom is -0.229 e. The van der Waals surface area contributed by atoms with Crippen molar-refractivity contribution < 1.29 is 17.6 Å². The van der Waals surface area contributed by atoms with Crippen LogP contribution < -0.4 is 0 Å². The SMILES string of the molecule is FC1=CC(F)=C(F)CC1(F)c1cccs1. The van der Waals surface area contributed by atoms with E-state index >= 15 is 0 Å². The Labute approximate surface area is 87.5 Å². The Balaban J connectivity index is 2.46. The summed E-state index contributed by atoms with van der Waals surface area (Å²) in [5.74, 6) is -3.88. The second kappa shape index (κ2) is 3.48. The van der Waals surface area contributed by atoms with Crippen molar-refractivity contribution >= 4 is 11.3 Å². The second-order valence-electron chi connectivity index (χ2n) is 3.20. The molecule has 0 saturated carbocycles. The Kier molecular flexibility index (Phi) is 2.42. The Morgan fingerprint density at radius 3 is 2.60 bits per heavy atom. The maximum atomic E-state index is 14.1. The van der Waals surface area contributed by atoms with Crippen LogP contribution in [-0.4, -0.2) is 0 Å². The topological polar surface area (TPSA) is 0 Å². The zero-order chi connectivity index (χ0) is 11.1. The Morgan fingerprint density at radius 1 is 1.27 bits per heavy atom. The lowest BCUT2D eigenvalue weighted by atomic mass is 9.93. The predicted molar refractivity (Wildman–Crippen MR) is 50.2 cm³/mol. The molecule has 0 aliphatic heterocycles. The number of hydrogen-bond acceptors (Lipinski definition) is 1. The number of thiophene rings is 1. The maximum absolute atomic E-state index is 14.1. The van der Waals surface area contributed by atoms with E-state index in [1.165, 1.54) is 12.1 Å². The van der Waals surface area contributed by atoms with Crippen LogP contribution in [0.5, 0.6) is 0 Å². The zero-order valence-electron chi connectivity index (χ0n) is 7.44. The molecule has 1 aromatic heterocycles. The molecular formula is C10H6F4S. The molecule has 15 heavy (non-hydrogen) atoms. The summed E-state index contributed by atoms with van der Waals surface area (Å²) in [6.07, 6.45) is -0.653. The van der Waals surface area contributed by atoms with Gasteiger partial charge in [0.2, 0.25) is 5.67 Å². The average Bonchev–Trinajstić information content (AvgIpc) is 2.68. The fourth-order valence-corrected chi connectivity index (χ4v) is 2.21. The van der Waals surface area contributed by atoms with Gasteiger partial charge in [-0.3, -0.25) is 0 Å². The van der Waals surface area contributed by atoms with Gasteiger partial charge in [0.05, 0.1) is 0 Å². The van der Waals surface area contributed by atoms with Crippen molar-refractivity contribution in [3.63, 3.8) is 0 Å². The van der Waals surface area contributed by atoms with Gasteiger partial charge in [-0.05, 0) is 11.4 Å². The van der Waals surface area contributed by atoms with Crippen molar-refractivity contribution in [2.24, 2.45) is 0 Å². The van der Waals surface area contributed by atoms with Gasteiger partial charge in [0.25, 0.3) is 0 Å². The Morgan fingerprint density at radius 2 is 2.00 bits per heavy atom. The van der Waals surface area contributed by atoms with Gasteiger partial charge in [-0.25, -0.2) is 17.6 Å². The molecule has 0 fully saturated rings. The first kappa shape index (κ1) is 10.4. The van der Waals surface area contributed by atoms with Crippen LogP contribution in [-0.2, 0) is 5.67 Å². The van der Waals surface area contributed by atoms with Crippen molar-refractivity contribution in [1.82, 2.24) is 0 Å². The summed E-state index contributed by atoms with van der Waals surface area (Å²) in [5, 5.41) is 1.55. The van der Waals surface area contributed by atoms with Crippen LogP contribution in [0.25, 0.3) is 0 Å². The molecule has 1 aliphatic carbocycles. The first-order valence-corrected chi connectivity index (χ1v) is 5.07. The molecule has 2 rings (SSSR count). The first-order chi connectivity index (χ1) is 7.04. The third-order valence-corrected chi connectivity index (χ3v) is 3.21. The number of halogens is 4. The van der Waals surface area contributed by atoms with Gasteiger partial charge in [0.15, 0.2) is 5.83 Å². The molecule has 0 N–H and O–H groups in total. The van der Waals surface area contributed by atoms with Gasteiger partial charge < -0.3 is 0 Å².